The Morgan fingerprint density at radius 1 is 1.08 bits per heavy atom. The highest BCUT2D eigenvalue weighted by Crippen LogP contribution is 2.22. The van der Waals surface area contributed by atoms with Crippen molar-refractivity contribution < 1.29 is 9.13 Å². The first-order chi connectivity index (χ1) is 12.6. The van der Waals surface area contributed by atoms with Crippen molar-refractivity contribution in [3.63, 3.8) is 0 Å². The molecule has 0 bridgehead atoms. The van der Waals surface area contributed by atoms with Gasteiger partial charge in [0.25, 0.3) is 5.56 Å². The van der Waals surface area contributed by atoms with Gasteiger partial charge >= 0.3 is 0 Å². The first-order valence-electron chi connectivity index (χ1n) is 8.14. The molecule has 0 atom stereocenters. The highest BCUT2D eigenvalue weighted by molar-refractivity contribution is 5.34. The van der Waals surface area contributed by atoms with Gasteiger partial charge in [-0.3, -0.25) is 4.79 Å². The van der Waals surface area contributed by atoms with Crippen LogP contribution < -0.4 is 21.3 Å². The number of nitrogens with two attached hydrogens (primary N) is 1. The summed E-state index contributed by atoms with van der Waals surface area (Å²) in [5.74, 6) is 1.24. The van der Waals surface area contributed by atoms with Crippen LogP contribution in [-0.4, -0.2) is 9.97 Å². The van der Waals surface area contributed by atoms with Crippen LogP contribution in [0.3, 0.4) is 0 Å². The second-order valence-electron chi connectivity index (χ2n) is 5.70. The third-order valence-corrected chi connectivity index (χ3v) is 3.60. The lowest BCUT2D eigenvalue weighted by atomic mass is 10.2. The molecule has 134 valence electrons. The normalized spacial score (nSPS) is 10.7. The number of benzene rings is 2. The van der Waals surface area contributed by atoms with E-state index in [4.69, 9.17) is 10.5 Å². The van der Waals surface area contributed by atoms with Crippen molar-refractivity contribution >= 4 is 0 Å². The molecule has 0 fully saturated rings. The van der Waals surface area contributed by atoms with Crippen molar-refractivity contribution in [2.45, 2.75) is 19.6 Å². The van der Waals surface area contributed by atoms with Crippen LogP contribution in [0.5, 0.6) is 11.5 Å². The molecular formula is C19H19FN4O2. The molecule has 0 saturated carbocycles. The van der Waals surface area contributed by atoms with Crippen LogP contribution in [0.2, 0.25) is 0 Å². The summed E-state index contributed by atoms with van der Waals surface area (Å²) < 4.78 is 18.9. The zero-order valence-corrected chi connectivity index (χ0v) is 14.0. The number of ether oxygens (including phenoxy) is 1. The molecule has 2 aromatic carbocycles. The van der Waals surface area contributed by atoms with E-state index in [1.165, 1.54) is 18.2 Å². The summed E-state index contributed by atoms with van der Waals surface area (Å²) in [5, 5.41) is 3.21. The second-order valence-corrected chi connectivity index (χ2v) is 5.70. The number of aromatic amines is 1. The minimum atomic E-state index is -0.346. The zero-order chi connectivity index (χ0) is 18.4. The molecule has 0 saturated heterocycles. The van der Waals surface area contributed by atoms with Crippen molar-refractivity contribution in [3.05, 3.63) is 87.9 Å². The van der Waals surface area contributed by atoms with Gasteiger partial charge in [0.1, 0.15) is 23.1 Å². The lowest BCUT2D eigenvalue weighted by molar-refractivity contribution is 0.475. The van der Waals surface area contributed by atoms with Gasteiger partial charge in [-0.15, -0.1) is 0 Å². The molecular weight excluding hydrogens is 335 g/mol. The fourth-order valence-corrected chi connectivity index (χ4v) is 2.46. The minimum absolute atomic E-state index is 0.219. The van der Waals surface area contributed by atoms with Gasteiger partial charge in [0.2, 0.25) is 0 Å². The largest absolute Gasteiger partial charge is 0.457 e. The summed E-state index contributed by atoms with van der Waals surface area (Å²) in [6, 6.07) is 14.8. The van der Waals surface area contributed by atoms with Crippen LogP contribution in [0.25, 0.3) is 0 Å². The average Bonchev–Trinajstić information content (AvgIpc) is 2.61. The molecule has 0 amide bonds. The van der Waals surface area contributed by atoms with E-state index in [0.29, 0.717) is 36.1 Å². The number of nitrogens with one attached hydrogen (secondary N) is 2. The number of hydrogen-bond acceptors (Lipinski definition) is 5. The number of rotatable bonds is 7. The summed E-state index contributed by atoms with van der Waals surface area (Å²) in [5.41, 5.74) is 6.84. The van der Waals surface area contributed by atoms with Crippen molar-refractivity contribution in [2.24, 2.45) is 5.73 Å². The molecule has 4 N–H and O–H groups in total. The van der Waals surface area contributed by atoms with Crippen LogP contribution in [0.4, 0.5) is 4.39 Å². The Bertz CT molecular complexity index is 943. The smallest absolute Gasteiger partial charge is 0.251 e. The molecule has 3 aromatic rings. The number of H-pyrrole nitrogens is 1. The fraction of sp³-hybridized carbons (Fsp3) is 0.158. The number of hydrogen-bond donors (Lipinski definition) is 3. The van der Waals surface area contributed by atoms with Gasteiger partial charge in [0.05, 0.1) is 12.2 Å². The van der Waals surface area contributed by atoms with E-state index in [1.807, 2.05) is 18.2 Å². The topological polar surface area (TPSA) is 93.0 Å². The van der Waals surface area contributed by atoms with Crippen molar-refractivity contribution in [3.8, 4) is 11.5 Å². The molecule has 0 radical (unpaired) electrons. The molecule has 0 spiro atoms. The Balaban J connectivity index is 1.60. The van der Waals surface area contributed by atoms with E-state index < -0.39 is 0 Å². The van der Waals surface area contributed by atoms with Crippen molar-refractivity contribution in [1.29, 1.82) is 0 Å². The van der Waals surface area contributed by atoms with Gasteiger partial charge in [-0.2, -0.15) is 0 Å². The molecule has 1 heterocycles. The molecule has 7 heteroatoms. The van der Waals surface area contributed by atoms with E-state index in [9.17, 15) is 9.18 Å². The van der Waals surface area contributed by atoms with Crippen molar-refractivity contribution in [1.82, 2.24) is 15.3 Å². The molecule has 3 rings (SSSR count). The number of aromatic nitrogens is 2. The summed E-state index contributed by atoms with van der Waals surface area (Å²) in [6.07, 6.45) is 0. The predicted molar refractivity (Wildman–Crippen MR) is 96.2 cm³/mol. The number of halogens is 1. The Hall–Kier alpha value is -3.03. The molecule has 0 unspecified atom stereocenters. The molecule has 26 heavy (non-hydrogen) atoms. The van der Waals surface area contributed by atoms with Gasteiger partial charge in [-0.25, -0.2) is 9.37 Å². The summed E-state index contributed by atoms with van der Waals surface area (Å²) in [6.45, 7) is 1.17. The monoisotopic (exact) mass is 354 g/mol. The summed E-state index contributed by atoms with van der Waals surface area (Å²) in [7, 11) is 0. The maximum atomic E-state index is 13.2. The van der Waals surface area contributed by atoms with Crippen LogP contribution in [0.15, 0.2) is 59.4 Å². The maximum absolute atomic E-state index is 13.2. The van der Waals surface area contributed by atoms with Gasteiger partial charge in [-0.05, 0) is 29.8 Å². The standard InChI is InChI=1S/C19H19FN4O2/c20-14-4-2-6-17(8-14)26-16-5-1-3-13(7-16)11-22-12-18-23-15(10-21)9-19(25)24-18/h1-9,22H,10-12,21H2,(H,23,24,25). The first kappa shape index (κ1) is 17.8. The summed E-state index contributed by atoms with van der Waals surface area (Å²) in [4.78, 5) is 18.5. The molecule has 0 aliphatic rings. The van der Waals surface area contributed by atoms with Crippen LogP contribution in [0, 0.1) is 5.82 Å². The molecule has 0 aliphatic heterocycles. The SMILES string of the molecule is NCc1cc(=O)[nH]c(CNCc2cccc(Oc3cccc(F)c3)c2)n1. The molecule has 0 aliphatic carbocycles. The number of nitrogens with zero attached hydrogens (tertiary/aromatic N) is 1. The fourth-order valence-electron chi connectivity index (χ4n) is 2.46. The van der Waals surface area contributed by atoms with Gasteiger partial charge < -0.3 is 20.8 Å². The third-order valence-electron chi connectivity index (χ3n) is 3.60. The third kappa shape index (κ3) is 4.98. The summed E-state index contributed by atoms with van der Waals surface area (Å²) >= 11 is 0. The highest BCUT2D eigenvalue weighted by Gasteiger charge is 2.03. The van der Waals surface area contributed by atoms with Crippen LogP contribution >= 0.6 is 0 Å². The van der Waals surface area contributed by atoms with Crippen LogP contribution in [0.1, 0.15) is 17.1 Å². The van der Waals surface area contributed by atoms with E-state index in [0.717, 1.165) is 5.56 Å². The first-order valence-corrected chi connectivity index (χ1v) is 8.14. The lowest BCUT2D eigenvalue weighted by Gasteiger charge is -2.09. The minimum Gasteiger partial charge on any atom is -0.457 e. The Labute approximate surface area is 149 Å². The maximum Gasteiger partial charge on any atom is 0.251 e. The zero-order valence-electron chi connectivity index (χ0n) is 14.0. The Kier molecular flexibility index (Phi) is 5.73. The molecule has 6 nitrogen and oxygen atoms in total. The molecule has 1 aromatic heterocycles. The van der Waals surface area contributed by atoms with E-state index >= 15 is 0 Å². The van der Waals surface area contributed by atoms with Gasteiger partial charge in [0.15, 0.2) is 0 Å². The van der Waals surface area contributed by atoms with Crippen molar-refractivity contribution in [2.75, 3.05) is 0 Å². The Morgan fingerprint density at radius 2 is 1.85 bits per heavy atom. The lowest BCUT2D eigenvalue weighted by Crippen LogP contribution is -2.20. The van der Waals surface area contributed by atoms with Crippen LogP contribution in [-0.2, 0) is 19.6 Å². The van der Waals surface area contributed by atoms with Gasteiger partial charge in [-0.1, -0.05) is 18.2 Å². The van der Waals surface area contributed by atoms with E-state index in [2.05, 4.69) is 15.3 Å². The predicted octanol–water partition coefficient (Wildman–Crippen LogP) is 2.45. The van der Waals surface area contributed by atoms with E-state index in [1.54, 1.807) is 18.2 Å². The van der Waals surface area contributed by atoms with E-state index in [-0.39, 0.29) is 17.9 Å². The highest BCUT2D eigenvalue weighted by atomic mass is 19.1. The quantitative estimate of drug-likeness (QED) is 0.606. The second kappa shape index (κ2) is 8.37. The average molecular weight is 354 g/mol. The Morgan fingerprint density at radius 3 is 2.62 bits per heavy atom. The van der Waals surface area contributed by atoms with Gasteiger partial charge in [0, 0.05) is 25.2 Å².